The first-order valence-corrected chi connectivity index (χ1v) is 4.29. The quantitative estimate of drug-likeness (QED) is 0.480. The molecule has 0 aromatic heterocycles. The van der Waals surface area contributed by atoms with Crippen LogP contribution in [0.2, 0.25) is 0 Å². The topological polar surface area (TPSA) is 61.5 Å². The highest BCUT2D eigenvalue weighted by molar-refractivity contribution is 5.72. The molecule has 1 unspecified atom stereocenters. The summed E-state index contributed by atoms with van der Waals surface area (Å²) in [5, 5.41) is 0. The monoisotopic (exact) mass is 173 g/mol. The number of carbonyl (C=O) groups excluding carboxylic acids is 1. The molecule has 1 aliphatic rings. The average Bonchev–Trinajstić information content (AvgIpc) is 2.32. The Balaban J connectivity index is 2.32. The molecule has 0 bridgehead atoms. The van der Waals surface area contributed by atoms with Crippen LogP contribution in [0.3, 0.4) is 0 Å². The smallest absolute Gasteiger partial charge is 0.310 e. The second-order valence-corrected chi connectivity index (χ2v) is 2.87. The molecule has 0 radical (unpaired) electrons. The van der Waals surface area contributed by atoms with Crippen molar-refractivity contribution in [3.63, 3.8) is 0 Å². The zero-order valence-electron chi connectivity index (χ0n) is 7.12. The third-order valence-corrected chi connectivity index (χ3v) is 2.01. The highest BCUT2D eigenvalue weighted by Gasteiger charge is 2.20. The summed E-state index contributed by atoms with van der Waals surface area (Å²) in [6, 6.07) is 0. The fourth-order valence-electron chi connectivity index (χ4n) is 1.34. The number of rotatable bonds is 2. The van der Waals surface area contributed by atoms with Crippen LogP contribution in [-0.2, 0) is 14.3 Å². The minimum Gasteiger partial charge on any atom is -0.450 e. The zero-order chi connectivity index (χ0) is 8.81. The van der Waals surface area contributed by atoms with Gasteiger partial charge in [-0.15, -0.1) is 0 Å². The third kappa shape index (κ3) is 2.79. The number of ether oxygens (including phenoxy) is 2. The Morgan fingerprint density at radius 3 is 3.08 bits per heavy atom. The molecule has 1 aliphatic heterocycles. The van der Waals surface area contributed by atoms with Gasteiger partial charge in [-0.05, 0) is 19.3 Å². The van der Waals surface area contributed by atoms with Crippen LogP contribution < -0.4 is 5.73 Å². The first-order valence-electron chi connectivity index (χ1n) is 4.29. The van der Waals surface area contributed by atoms with E-state index < -0.39 is 0 Å². The fraction of sp³-hybridized carbons (Fsp3) is 0.875. The zero-order valence-corrected chi connectivity index (χ0v) is 7.12. The van der Waals surface area contributed by atoms with Crippen molar-refractivity contribution < 1.29 is 14.3 Å². The van der Waals surface area contributed by atoms with E-state index >= 15 is 0 Å². The average molecular weight is 173 g/mol. The lowest BCUT2D eigenvalue weighted by atomic mass is 10.0. The molecule has 70 valence electrons. The Kier molecular flexibility index (Phi) is 4.04. The van der Waals surface area contributed by atoms with Gasteiger partial charge >= 0.3 is 5.97 Å². The van der Waals surface area contributed by atoms with Crippen LogP contribution in [0.4, 0.5) is 0 Å². The van der Waals surface area contributed by atoms with E-state index in [1.165, 1.54) is 0 Å². The summed E-state index contributed by atoms with van der Waals surface area (Å²) in [7, 11) is 0. The number of hydrogen-bond acceptors (Lipinski definition) is 4. The van der Waals surface area contributed by atoms with Gasteiger partial charge in [0.05, 0.1) is 5.92 Å². The summed E-state index contributed by atoms with van der Waals surface area (Å²) < 4.78 is 9.93. The predicted octanol–water partition coefficient (Wildman–Crippen LogP) is 0.262. The molecule has 1 atom stereocenters. The molecule has 2 N–H and O–H groups in total. The van der Waals surface area contributed by atoms with E-state index in [-0.39, 0.29) is 18.6 Å². The lowest BCUT2D eigenvalue weighted by Crippen LogP contribution is -2.21. The highest BCUT2D eigenvalue weighted by atomic mass is 16.5. The Morgan fingerprint density at radius 2 is 2.33 bits per heavy atom. The van der Waals surface area contributed by atoms with E-state index in [1.54, 1.807) is 0 Å². The van der Waals surface area contributed by atoms with Crippen LogP contribution >= 0.6 is 0 Å². The summed E-state index contributed by atoms with van der Waals surface area (Å²) in [6.45, 7) is 1.40. The number of esters is 1. The second-order valence-electron chi connectivity index (χ2n) is 2.87. The summed E-state index contributed by atoms with van der Waals surface area (Å²) in [5.41, 5.74) is 5.10. The summed E-state index contributed by atoms with van der Waals surface area (Å²) in [5.74, 6) is -0.181. The van der Waals surface area contributed by atoms with Gasteiger partial charge < -0.3 is 9.47 Å². The molecular formula is C8H15NO3. The van der Waals surface area contributed by atoms with Crippen LogP contribution in [-0.4, -0.2) is 25.9 Å². The van der Waals surface area contributed by atoms with E-state index in [1.807, 2.05) is 0 Å². The minimum absolute atomic E-state index is 0.00366. The molecule has 1 heterocycles. The molecule has 1 saturated heterocycles. The molecule has 0 aliphatic carbocycles. The number of hydrogen-bond donors (Lipinski definition) is 1. The Labute approximate surface area is 72.0 Å². The van der Waals surface area contributed by atoms with Crippen molar-refractivity contribution in [3.05, 3.63) is 0 Å². The minimum atomic E-state index is -0.178. The lowest BCUT2D eigenvalue weighted by molar-refractivity contribution is -0.148. The highest BCUT2D eigenvalue weighted by Crippen LogP contribution is 2.16. The maximum Gasteiger partial charge on any atom is 0.310 e. The summed E-state index contributed by atoms with van der Waals surface area (Å²) >= 11 is 0. The van der Waals surface area contributed by atoms with E-state index in [9.17, 15) is 4.79 Å². The van der Waals surface area contributed by atoms with Crippen molar-refractivity contribution in [2.75, 3.05) is 19.9 Å². The van der Waals surface area contributed by atoms with Crippen molar-refractivity contribution in [2.45, 2.75) is 19.3 Å². The van der Waals surface area contributed by atoms with Gasteiger partial charge in [0.25, 0.3) is 0 Å². The Hall–Kier alpha value is -0.610. The van der Waals surface area contributed by atoms with Gasteiger partial charge in [-0.2, -0.15) is 0 Å². The van der Waals surface area contributed by atoms with Gasteiger partial charge in [0, 0.05) is 13.2 Å². The molecule has 0 amide bonds. The van der Waals surface area contributed by atoms with Crippen LogP contribution in [0, 0.1) is 5.92 Å². The van der Waals surface area contributed by atoms with Gasteiger partial charge in [0.15, 0.2) is 0 Å². The molecule has 12 heavy (non-hydrogen) atoms. The van der Waals surface area contributed by atoms with Crippen molar-refractivity contribution in [3.8, 4) is 0 Å². The maximum absolute atomic E-state index is 11.2. The molecule has 0 spiro atoms. The van der Waals surface area contributed by atoms with E-state index in [4.69, 9.17) is 15.2 Å². The molecule has 0 saturated carbocycles. The molecule has 4 heteroatoms. The van der Waals surface area contributed by atoms with Gasteiger partial charge in [0.1, 0.15) is 6.73 Å². The van der Waals surface area contributed by atoms with Crippen LogP contribution in [0.1, 0.15) is 19.3 Å². The van der Waals surface area contributed by atoms with E-state index in [0.717, 1.165) is 25.9 Å². The van der Waals surface area contributed by atoms with Crippen LogP contribution in [0.25, 0.3) is 0 Å². The molecule has 0 aromatic carbocycles. The molecular weight excluding hydrogens is 158 g/mol. The van der Waals surface area contributed by atoms with Crippen molar-refractivity contribution in [1.82, 2.24) is 0 Å². The van der Waals surface area contributed by atoms with Crippen molar-refractivity contribution in [1.29, 1.82) is 0 Å². The SMILES string of the molecule is NCOC(=O)C1CCCOCC1. The normalized spacial score (nSPS) is 24.6. The molecule has 1 fully saturated rings. The molecule has 0 aromatic rings. The summed E-state index contributed by atoms with van der Waals surface area (Å²) in [4.78, 5) is 11.2. The Morgan fingerprint density at radius 1 is 1.50 bits per heavy atom. The maximum atomic E-state index is 11.2. The second kappa shape index (κ2) is 5.11. The van der Waals surface area contributed by atoms with Crippen molar-refractivity contribution >= 4 is 5.97 Å². The number of carbonyl (C=O) groups is 1. The summed E-state index contributed by atoms with van der Waals surface area (Å²) in [6.07, 6.45) is 2.56. The largest absolute Gasteiger partial charge is 0.450 e. The lowest BCUT2D eigenvalue weighted by Gasteiger charge is -2.10. The van der Waals surface area contributed by atoms with Gasteiger partial charge in [0.2, 0.25) is 0 Å². The first-order chi connectivity index (χ1) is 5.84. The van der Waals surface area contributed by atoms with Gasteiger partial charge in [-0.1, -0.05) is 0 Å². The van der Waals surface area contributed by atoms with E-state index in [2.05, 4.69) is 0 Å². The Bertz CT molecular complexity index is 141. The molecule has 1 rings (SSSR count). The standard InChI is InChI=1S/C8H15NO3/c9-6-12-8(10)7-2-1-4-11-5-3-7/h7H,1-6,9H2. The number of nitrogens with two attached hydrogens (primary N) is 1. The first kappa shape index (κ1) is 9.48. The third-order valence-electron chi connectivity index (χ3n) is 2.01. The van der Waals surface area contributed by atoms with Gasteiger partial charge in [-0.3, -0.25) is 10.5 Å². The van der Waals surface area contributed by atoms with Gasteiger partial charge in [-0.25, -0.2) is 0 Å². The molecule has 4 nitrogen and oxygen atoms in total. The van der Waals surface area contributed by atoms with Crippen LogP contribution in [0.5, 0.6) is 0 Å². The predicted molar refractivity (Wildman–Crippen MR) is 43.3 cm³/mol. The van der Waals surface area contributed by atoms with Crippen LogP contribution in [0.15, 0.2) is 0 Å². The van der Waals surface area contributed by atoms with Crippen molar-refractivity contribution in [2.24, 2.45) is 11.7 Å². The van der Waals surface area contributed by atoms with E-state index in [0.29, 0.717) is 6.61 Å². The fourth-order valence-corrected chi connectivity index (χ4v) is 1.34.